The maximum absolute atomic E-state index is 10.7. The molecule has 2 aromatic rings. The Labute approximate surface area is 105 Å². The number of ether oxygens (including phenoxy) is 2. The Bertz CT molecular complexity index is 567. The Morgan fingerprint density at radius 3 is 2.61 bits per heavy atom. The third-order valence-electron chi connectivity index (χ3n) is 2.58. The van der Waals surface area contributed by atoms with Crippen molar-refractivity contribution in [3.8, 4) is 22.8 Å². The summed E-state index contributed by atoms with van der Waals surface area (Å²) in [7, 11) is 3.18. The fourth-order valence-corrected chi connectivity index (χ4v) is 1.68. The normalized spacial score (nSPS) is 9.89. The van der Waals surface area contributed by atoms with Crippen LogP contribution in [0.3, 0.4) is 0 Å². The lowest BCUT2D eigenvalue weighted by atomic mass is 10.1. The highest BCUT2D eigenvalue weighted by molar-refractivity contribution is 5.75. The summed E-state index contributed by atoms with van der Waals surface area (Å²) in [5, 5.41) is 0. The molecule has 0 saturated heterocycles. The minimum Gasteiger partial charge on any atom is -0.497 e. The Hall–Kier alpha value is -2.36. The van der Waals surface area contributed by atoms with E-state index in [9.17, 15) is 4.79 Å². The lowest BCUT2D eigenvalue weighted by Crippen LogP contribution is -1.94. The molecule has 0 amide bonds. The van der Waals surface area contributed by atoms with Gasteiger partial charge in [-0.15, -0.1) is 0 Å². The highest BCUT2D eigenvalue weighted by atomic mass is 16.5. The van der Waals surface area contributed by atoms with Crippen LogP contribution in [0.4, 0.5) is 0 Å². The molecule has 0 atom stereocenters. The number of methoxy groups -OCH3 is 2. The summed E-state index contributed by atoms with van der Waals surface area (Å²) >= 11 is 0. The van der Waals surface area contributed by atoms with E-state index in [4.69, 9.17) is 9.47 Å². The van der Waals surface area contributed by atoms with Crippen LogP contribution in [0.5, 0.6) is 11.5 Å². The van der Waals surface area contributed by atoms with E-state index in [1.165, 1.54) is 0 Å². The Morgan fingerprint density at radius 1 is 1.11 bits per heavy atom. The van der Waals surface area contributed by atoms with Crippen molar-refractivity contribution in [2.75, 3.05) is 14.2 Å². The van der Waals surface area contributed by atoms with Gasteiger partial charge in [0.25, 0.3) is 0 Å². The molecule has 0 spiro atoms. The smallest absolute Gasteiger partial charge is 0.168 e. The van der Waals surface area contributed by atoms with Crippen molar-refractivity contribution in [3.05, 3.63) is 42.1 Å². The number of rotatable bonds is 4. The largest absolute Gasteiger partial charge is 0.497 e. The predicted molar refractivity (Wildman–Crippen MR) is 68.2 cm³/mol. The molecular formula is C14H13NO3. The van der Waals surface area contributed by atoms with Crippen molar-refractivity contribution in [2.45, 2.75) is 0 Å². The molecule has 4 nitrogen and oxygen atoms in total. The van der Waals surface area contributed by atoms with E-state index in [-0.39, 0.29) is 0 Å². The second-order valence-corrected chi connectivity index (χ2v) is 3.63. The summed E-state index contributed by atoms with van der Waals surface area (Å²) in [5.74, 6) is 1.37. The molecule has 0 saturated carbocycles. The van der Waals surface area contributed by atoms with Gasteiger partial charge in [-0.2, -0.15) is 0 Å². The minimum absolute atomic E-state index is 0.394. The van der Waals surface area contributed by atoms with Crippen LogP contribution >= 0.6 is 0 Å². The maximum Gasteiger partial charge on any atom is 0.168 e. The molecule has 1 aromatic carbocycles. The number of carbonyl (C=O) groups is 1. The summed E-state index contributed by atoms with van der Waals surface area (Å²) in [6.45, 7) is 0. The van der Waals surface area contributed by atoms with Crippen LogP contribution in [0.2, 0.25) is 0 Å². The first-order valence-electron chi connectivity index (χ1n) is 5.43. The molecule has 0 aliphatic rings. The van der Waals surface area contributed by atoms with Gasteiger partial charge in [-0.3, -0.25) is 4.79 Å². The van der Waals surface area contributed by atoms with Gasteiger partial charge in [0.1, 0.15) is 17.2 Å². The molecular weight excluding hydrogens is 230 g/mol. The highest BCUT2D eigenvalue weighted by Gasteiger charge is 2.09. The van der Waals surface area contributed by atoms with Crippen molar-refractivity contribution in [1.82, 2.24) is 4.98 Å². The molecule has 92 valence electrons. The Morgan fingerprint density at radius 2 is 1.94 bits per heavy atom. The van der Waals surface area contributed by atoms with E-state index < -0.39 is 0 Å². The molecule has 4 heteroatoms. The molecule has 1 aromatic heterocycles. The second kappa shape index (κ2) is 5.31. The number of carbonyl (C=O) groups excluding carboxylic acids is 1. The van der Waals surface area contributed by atoms with E-state index in [1.54, 1.807) is 32.4 Å². The van der Waals surface area contributed by atoms with Gasteiger partial charge in [0.15, 0.2) is 6.29 Å². The average Bonchev–Trinajstić information content (AvgIpc) is 2.46. The van der Waals surface area contributed by atoms with Gasteiger partial charge in [0.05, 0.1) is 19.9 Å². The van der Waals surface area contributed by atoms with Crippen molar-refractivity contribution in [1.29, 1.82) is 0 Å². The summed E-state index contributed by atoms with van der Waals surface area (Å²) in [5.41, 5.74) is 1.91. The fraction of sp³-hybridized carbons (Fsp3) is 0.143. The number of aldehydes is 1. The summed E-state index contributed by atoms with van der Waals surface area (Å²) in [4.78, 5) is 15.0. The summed E-state index contributed by atoms with van der Waals surface area (Å²) in [6, 6.07) is 10.7. The van der Waals surface area contributed by atoms with Gasteiger partial charge >= 0.3 is 0 Å². The molecule has 2 rings (SSSR count). The fourth-order valence-electron chi connectivity index (χ4n) is 1.68. The van der Waals surface area contributed by atoms with Crippen molar-refractivity contribution in [2.24, 2.45) is 0 Å². The number of hydrogen-bond donors (Lipinski definition) is 0. The number of hydrogen-bond acceptors (Lipinski definition) is 4. The van der Waals surface area contributed by atoms with Gasteiger partial charge < -0.3 is 9.47 Å². The van der Waals surface area contributed by atoms with Gasteiger partial charge in [-0.25, -0.2) is 4.98 Å². The van der Waals surface area contributed by atoms with E-state index in [0.717, 1.165) is 11.8 Å². The van der Waals surface area contributed by atoms with Crippen LogP contribution in [0.25, 0.3) is 11.3 Å². The number of benzene rings is 1. The molecule has 1 heterocycles. The standard InChI is InChI=1S/C14H13NO3/c1-17-11-6-7-12(14(8-11)18-2)13-5-3-4-10(9-16)15-13/h3-9H,1-2H3. The van der Waals surface area contributed by atoms with E-state index >= 15 is 0 Å². The van der Waals surface area contributed by atoms with Crippen LogP contribution in [0.1, 0.15) is 10.5 Å². The van der Waals surface area contributed by atoms with Gasteiger partial charge in [-0.1, -0.05) is 6.07 Å². The van der Waals surface area contributed by atoms with Crippen molar-refractivity contribution < 1.29 is 14.3 Å². The zero-order valence-corrected chi connectivity index (χ0v) is 10.2. The van der Waals surface area contributed by atoms with Crippen LogP contribution in [-0.4, -0.2) is 25.5 Å². The SMILES string of the molecule is COc1ccc(-c2cccc(C=O)n2)c(OC)c1. The molecule has 0 bridgehead atoms. The van der Waals surface area contributed by atoms with E-state index in [2.05, 4.69) is 4.98 Å². The zero-order valence-electron chi connectivity index (χ0n) is 10.2. The molecule has 0 radical (unpaired) electrons. The third kappa shape index (κ3) is 2.32. The topological polar surface area (TPSA) is 48.4 Å². The van der Waals surface area contributed by atoms with Crippen molar-refractivity contribution in [3.63, 3.8) is 0 Å². The van der Waals surface area contributed by atoms with Gasteiger partial charge in [-0.05, 0) is 24.3 Å². The third-order valence-corrected chi connectivity index (χ3v) is 2.58. The maximum atomic E-state index is 10.7. The van der Waals surface area contributed by atoms with Crippen LogP contribution in [-0.2, 0) is 0 Å². The number of pyridine rings is 1. The molecule has 0 fully saturated rings. The molecule has 0 aliphatic heterocycles. The monoisotopic (exact) mass is 243 g/mol. The van der Waals surface area contributed by atoms with Gasteiger partial charge in [0.2, 0.25) is 0 Å². The van der Waals surface area contributed by atoms with Crippen LogP contribution in [0.15, 0.2) is 36.4 Å². The molecule has 0 N–H and O–H groups in total. The highest BCUT2D eigenvalue weighted by Crippen LogP contribution is 2.32. The first-order chi connectivity index (χ1) is 8.78. The quantitative estimate of drug-likeness (QED) is 0.774. The lowest BCUT2D eigenvalue weighted by molar-refractivity contribution is 0.111. The van der Waals surface area contributed by atoms with Gasteiger partial charge in [0, 0.05) is 11.6 Å². The van der Waals surface area contributed by atoms with Crippen LogP contribution < -0.4 is 9.47 Å². The van der Waals surface area contributed by atoms with Crippen LogP contribution in [0, 0.1) is 0 Å². The molecule has 0 unspecified atom stereocenters. The second-order valence-electron chi connectivity index (χ2n) is 3.63. The minimum atomic E-state index is 0.394. The Kier molecular flexibility index (Phi) is 3.57. The summed E-state index contributed by atoms with van der Waals surface area (Å²) < 4.78 is 10.4. The van der Waals surface area contributed by atoms with Crippen molar-refractivity contribution >= 4 is 6.29 Å². The first-order valence-corrected chi connectivity index (χ1v) is 5.43. The average molecular weight is 243 g/mol. The summed E-state index contributed by atoms with van der Waals surface area (Å²) in [6.07, 6.45) is 0.722. The van der Waals surface area contributed by atoms with E-state index in [1.807, 2.05) is 18.2 Å². The lowest BCUT2D eigenvalue weighted by Gasteiger charge is -2.10. The van der Waals surface area contributed by atoms with E-state index in [0.29, 0.717) is 22.9 Å². The number of aromatic nitrogens is 1. The first kappa shape index (κ1) is 12.1. The molecule has 0 aliphatic carbocycles. The predicted octanol–water partition coefficient (Wildman–Crippen LogP) is 2.58. The number of nitrogens with zero attached hydrogens (tertiary/aromatic N) is 1. The Balaban J connectivity index is 2.52. The zero-order chi connectivity index (χ0) is 13.0. The molecule has 18 heavy (non-hydrogen) atoms.